The van der Waals surface area contributed by atoms with E-state index in [0.29, 0.717) is 5.56 Å². The first-order valence-corrected chi connectivity index (χ1v) is 8.68. The number of rotatable bonds is 6. The molecule has 124 valence electrons. The molecule has 24 heavy (non-hydrogen) atoms. The normalized spacial score (nSPS) is 12.0. The second kappa shape index (κ2) is 7.73. The van der Waals surface area contributed by atoms with E-state index in [4.69, 9.17) is 0 Å². The summed E-state index contributed by atoms with van der Waals surface area (Å²) in [7, 11) is -2.78. The van der Waals surface area contributed by atoms with Crippen LogP contribution in [0.3, 0.4) is 0 Å². The Labute approximate surface area is 141 Å². The molecule has 0 aliphatic heterocycles. The van der Waals surface area contributed by atoms with Gasteiger partial charge in [0, 0.05) is 5.92 Å². The number of sulfone groups is 1. The smallest absolute Gasteiger partial charge is 0.306 e. The molecule has 2 rings (SSSR count). The van der Waals surface area contributed by atoms with Crippen molar-refractivity contribution in [1.29, 1.82) is 0 Å². The molecule has 0 spiro atoms. The van der Waals surface area contributed by atoms with Crippen molar-refractivity contribution in [2.24, 2.45) is 0 Å². The Morgan fingerprint density at radius 2 is 1.62 bits per heavy atom. The summed E-state index contributed by atoms with van der Waals surface area (Å²) in [4.78, 5) is 11.4. The number of benzene rings is 2. The lowest BCUT2D eigenvalue weighted by molar-refractivity contribution is -0.140. The van der Waals surface area contributed by atoms with Crippen LogP contribution in [0.4, 0.5) is 0 Å². The van der Waals surface area contributed by atoms with Crippen LogP contribution in [0.5, 0.6) is 0 Å². The molecule has 0 aliphatic rings. The standard InChI is InChI=1S/C18H16NO4S/c1-23-18(20)12-16(14-8-4-2-5-9-14)17(13-19)24(21,22)15-10-6-3-7-11-15/h2-11,16H,12H2,1H3/q-1. The summed E-state index contributed by atoms with van der Waals surface area (Å²) < 4.78 is 30.3. The highest BCUT2D eigenvalue weighted by molar-refractivity contribution is 7.95. The van der Waals surface area contributed by atoms with Crippen LogP contribution in [0, 0.1) is 0 Å². The summed E-state index contributed by atoms with van der Waals surface area (Å²) in [6.45, 7) is 0. The van der Waals surface area contributed by atoms with Crippen LogP contribution in [0.1, 0.15) is 17.9 Å². The van der Waals surface area contributed by atoms with Gasteiger partial charge in [-0.25, -0.2) is 8.42 Å². The van der Waals surface area contributed by atoms with Gasteiger partial charge in [-0.2, -0.15) is 0 Å². The molecular formula is C18H16NO4S-. The van der Waals surface area contributed by atoms with Crippen LogP contribution in [0.25, 0.3) is 5.41 Å². The highest BCUT2D eigenvalue weighted by Gasteiger charge is 2.30. The molecule has 0 aromatic heterocycles. The van der Waals surface area contributed by atoms with Crippen LogP contribution in [-0.4, -0.2) is 27.4 Å². The Bertz CT molecular complexity index is 854. The molecule has 0 amide bonds. The van der Waals surface area contributed by atoms with Crippen LogP contribution < -0.4 is 0 Å². The van der Waals surface area contributed by atoms with Gasteiger partial charge in [-0.3, -0.25) is 10.7 Å². The molecule has 0 aliphatic carbocycles. The average Bonchev–Trinajstić information content (AvgIpc) is 2.62. The largest absolute Gasteiger partial charge is 0.762 e. The number of hydrogen-bond acceptors (Lipinski definition) is 4. The van der Waals surface area contributed by atoms with Gasteiger partial charge in [0.05, 0.1) is 23.3 Å². The third-order valence-corrected chi connectivity index (χ3v) is 5.42. The summed E-state index contributed by atoms with van der Waals surface area (Å²) in [5, 5.41) is 9.52. The fourth-order valence-corrected chi connectivity index (χ4v) is 3.83. The first-order chi connectivity index (χ1) is 11.5. The topological polar surface area (TPSA) is 82.7 Å². The van der Waals surface area contributed by atoms with Crippen LogP contribution in [0.2, 0.25) is 0 Å². The van der Waals surface area contributed by atoms with Gasteiger partial charge in [0.15, 0.2) is 0 Å². The van der Waals surface area contributed by atoms with Crippen molar-refractivity contribution in [1.82, 2.24) is 0 Å². The Balaban J connectivity index is 2.55. The summed E-state index contributed by atoms with van der Waals surface area (Å²) in [5.74, 6) is 0.312. The zero-order valence-corrected chi connectivity index (χ0v) is 13.9. The summed E-state index contributed by atoms with van der Waals surface area (Å²) >= 11 is 0. The maximum atomic E-state index is 12.8. The van der Waals surface area contributed by atoms with Crippen molar-refractivity contribution in [2.45, 2.75) is 17.2 Å². The van der Waals surface area contributed by atoms with Crippen LogP contribution in [-0.2, 0) is 19.4 Å². The highest BCUT2D eigenvalue weighted by Crippen LogP contribution is 2.33. The Morgan fingerprint density at radius 1 is 1.08 bits per heavy atom. The third kappa shape index (κ3) is 3.79. The van der Waals surface area contributed by atoms with Crippen molar-refractivity contribution in [3.63, 3.8) is 0 Å². The highest BCUT2D eigenvalue weighted by atomic mass is 32.2. The number of methoxy groups -OCH3 is 1. The van der Waals surface area contributed by atoms with Crippen molar-refractivity contribution < 1.29 is 17.9 Å². The maximum absolute atomic E-state index is 12.8. The molecule has 2 aromatic rings. The van der Waals surface area contributed by atoms with Crippen LogP contribution in [0.15, 0.2) is 70.5 Å². The van der Waals surface area contributed by atoms with E-state index >= 15 is 0 Å². The molecule has 6 heteroatoms. The van der Waals surface area contributed by atoms with Gasteiger partial charge < -0.3 is 10.1 Å². The molecular weight excluding hydrogens is 326 g/mol. The van der Waals surface area contributed by atoms with E-state index in [1.54, 1.807) is 54.4 Å². The molecule has 0 heterocycles. The van der Waals surface area contributed by atoms with E-state index in [9.17, 15) is 18.6 Å². The van der Waals surface area contributed by atoms with E-state index in [2.05, 4.69) is 4.74 Å². The van der Waals surface area contributed by atoms with E-state index < -0.39 is 21.7 Å². The average molecular weight is 342 g/mol. The summed E-state index contributed by atoms with van der Waals surface area (Å²) in [6, 6.07) is 16.3. The van der Waals surface area contributed by atoms with E-state index in [-0.39, 0.29) is 16.2 Å². The van der Waals surface area contributed by atoms with Gasteiger partial charge in [-0.05, 0) is 17.7 Å². The van der Waals surface area contributed by atoms with Crippen molar-refractivity contribution in [2.75, 3.05) is 7.11 Å². The number of hydrogen-bond donors (Lipinski definition) is 0. The Morgan fingerprint density at radius 3 is 2.12 bits per heavy atom. The zero-order chi connectivity index (χ0) is 17.6. The molecule has 0 saturated carbocycles. The van der Waals surface area contributed by atoms with Gasteiger partial charge in [0.2, 0.25) is 9.84 Å². The third-order valence-electron chi connectivity index (χ3n) is 3.57. The van der Waals surface area contributed by atoms with Gasteiger partial charge >= 0.3 is 5.97 Å². The SMILES string of the molecule is COC(=O)CC(C(=C=[N-])S(=O)(=O)c1ccccc1)c1ccccc1. The fourth-order valence-electron chi connectivity index (χ4n) is 2.35. The molecule has 1 atom stereocenters. The zero-order valence-electron chi connectivity index (χ0n) is 13.0. The minimum Gasteiger partial charge on any atom is -0.762 e. The van der Waals surface area contributed by atoms with Gasteiger partial charge in [0.1, 0.15) is 0 Å². The minimum atomic E-state index is -4.00. The Hall–Kier alpha value is -2.69. The first kappa shape index (κ1) is 17.7. The maximum Gasteiger partial charge on any atom is 0.306 e. The van der Waals surface area contributed by atoms with Gasteiger partial charge in [-0.1, -0.05) is 48.5 Å². The molecule has 5 nitrogen and oxygen atoms in total. The summed E-state index contributed by atoms with van der Waals surface area (Å²) in [5.41, 5.74) is 0.568. The molecule has 0 saturated heterocycles. The van der Waals surface area contributed by atoms with Crippen molar-refractivity contribution >= 4 is 21.7 Å². The number of esters is 1. The molecule has 0 N–H and O–H groups in total. The molecule has 0 bridgehead atoms. The minimum absolute atomic E-state index is 0.0207. The van der Waals surface area contributed by atoms with E-state index in [1.807, 2.05) is 0 Å². The van der Waals surface area contributed by atoms with Crippen molar-refractivity contribution in [3.8, 4) is 0 Å². The second-order valence-corrected chi connectivity index (χ2v) is 6.95. The lowest BCUT2D eigenvalue weighted by atomic mass is 9.95. The number of nitrogens with zero attached hydrogens (tertiary/aromatic N) is 1. The molecule has 1 unspecified atom stereocenters. The lowest BCUT2D eigenvalue weighted by Gasteiger charge is -2.20. The van der Waals surface area contributed by atoms with Gasteiger partial charge in [-0.15, -0.1) is 0 Å². The number of carbonyl (C=O) groups excluding carboxylic acids is 1. The van der Waals surface area contributed by atoms with Crippen molar-refractivity contribution in [3.05, 3.63) is 76.5 Å². The molecule has 0 fully saturated rings. The van der Waals surface area contributed by atoms with Crippen LogP contribution >= 0.6 is 0 Å². The number of carbonyl (C=O) groups is 1. The predicted octanol–water partition coefficient (Wildman–Crippen LogP) is 2.93. The first-order valence-electron chi connectivity index (χ1n) is 7.19. The lowest BCUT2D eigenvalue weighted by Crippen LogP contribution is -2.17. The molecule has 2 aromatic carbocycles. The second-order valence-electron chi connectivity index (χ2n) is 5.04. The summed E-state index contributed by atoms with van der Waals surface area (Å²) in [6.07, 6.45) is -0.227. The van der Waals surface area contributed by atoms with E-state index in [1.165, 1.54) is 19.2 Å². The van der Waals surface area contributed by atoms with E-state index in [0.717, 1.165) is 0 Å². The fraction of sp³-hybridized carbons (Fsp3) is 0.167. The van der Waals surface area contributed by atoms with Gasteiger partial charge in [0.25, 0.3) is 0 Å². The Kier molecular flexibility index (Phi) is 5.68. The predicted molar refractivity (Wildman–Crippen MR) is 91.3 cm³/mol. The number of ether oxygens (including phenoxy) is 1. The monoisotopic (exact) mass is 342 g/mol. The number of allylic oxidation sites excluding steroid dienone is 1. The quantitative estimate of drug-likeness (QED) is 0.597. The molecule has 0 radical (unpaired) electrons.